The number of nitrogens with one attached hydrogen (secondary N) is 1. The average molecular weight is 387 g/mol. The number of ether oxygens (including phenoxy) is 1. The molecule has 1 aromatic carbocycles. The second-order valence-electron chi connectivity index (χ2n) is 7.00. The third-order valence-corrected chi connectivity index (χ3v) is 4.60. The standard InChI is InChI=1S/C20H22FN3O4/c1-13-7-15(19(25)26)12-24(11-13)20(27)23-9-14-4-5-18(17(21)8-14)28-16-3-2-6-22-10-16/h2-6,8,10,13,15H,7,9,11-12H2,1H3,(H,23,27)(H,25,26). The van der Waals surface area contributed by atoms with E-state index in [0.717, 1.165) is 0 Å². The molecule has 1 aliphatic heterocycles. The van der Waals surface area contributed by atoms with E-state index in [4.69, 9.17) is 4.74 Å². The zero-order valence-corrected chi connectivity index (χ0v) is 15.5. The van der Waals surface area contributed by atoms with Crippen molar-refractivity contribution in [3.05, 3.63) is 54.1 Å². The molecule has 2 aromatic rings. The van der Waals surface area contributed by atoms with Crippen LogP contribution in [-0.2, 0) is 11.3 Å². The molecule has 0 spiro atoms. The molecule has 7 nitrogen and oxygen atoms in total. The van der Waals surface area contributed by atoms with Crippen molar-refractivity contribution in [3.8, 4) is 11.5 Å². The SMILES string of the molecule is CC1CC(C(=O)O)CN(C(=O)NCc2ccc(Oc3cccnc3)c(F)c2)C1. The Morgan fingerprint density at radius 3 is 2.86 bits per heavy atom. The Morgan fingerprint density at radius 1 is 1.36 bits per heavy atom. The maximum Gasteiger partial charge on any atom is 0.317 e. The van der Waals surface area contributed by atoms with E-state index in [1.54, 1.807) is 24.4 Å². The molecular formula is C20H22FN3O4. The molecule has 2 atom stereocenters. The summed E-state index contributed by atoms with van der Waals surface area (Å²) in [4.78, 5) is 29.0. The number of hydrogen-bond donors (Lipinski definition) is 2. The first-order valence-corrected chi connectivity index (χ1v) is 9.04. The third-order valence-electron chi connectivity index (χ3n) is 4.60. The number of aliphatic carboxylic acids is 1. The summed E-state index contributed by atoms with van der Waals surface area (Å²) in [6, 6.07) is 7.46. The molecule has 1 aromatic heterocycles. The fraction of sp³-hybridized carbons (Fsp3) is 0.350. The zero-order chi connectivity index (χ0) is 20.1. The number of urea groups is 1. The molecular weight excluding hydrogens is 365 g/mol. The minimum absolute atomic E-state index is 0.0669. The predicted molar refractivity (Wildman–Crippen MR) is 99.4 cm³/mol. The first-order chi connectivity index (χ1) is 13.4. The number of halogens is 1. The number of carbonyl (C=O) groups is 2. The van der Waals surface area contributed by atoms with Crippen molar-refractivity contribution in [2.24, 2.45) is 11.8 Å². The largest absolute Gasteiger partial charge is 0.481 e. The summed E-state index contributed by atoms with van der Waals surface area (Å²) in [6.45, 7) is 2.73. The van der Waals surface area contributed by atoms with Crippen LogP contribution in [0.4, 0.5) is 9.18 Å². The maximum atomic E-state index is 14.3. The molecule has 1 fully saturated rings. The van der Waals surface area contributed by atoms with Gasteiger partial charge in [-0.15, -0.1) is 0 Å². The molecule has 148 valence electrons. The van der Waals surface area contributed by atoms with E-state index >= 15 is 0 Å². The van der Waals surface area contributed by atoms with Crippen LogP contribution in [0.3, 0.4) is 0 Å². The maximum absolute atomic E-state index is 14.3. The molecule has 2 heterocycles. The van der Waals surface area contributed by atoms with E-state index in [2.05, 4.69) is 10.3 Å². The first kappa shape index (κ1) is 19.6. The highest BCUT2D eigenvalue weighted by Crippen LogP contribution is 2.25. The second kappa shape index (κ2) is 8.69. The van der Waals surface area contributed by atoms with Crippen molar-refractivity contribution in [1.82, 2.24) is 15.2 Å². The van der Waals surface area contributed by atoms with Crippen LogP contribution in [0.1, 0.15) is 18.9 Å². The van der Waals surface area contributed by atoms with E-state index < -0.39 is 17.7 Å². The molecule has 1 aliphatic rings. The first-order valence-electron chi connectivity index (χ1n) is 9.04. The summed E-state index contributed by atoms with van der Waals surface area (Å²) < 4.78 is 19.7. The molecule has 2 unspecified atom stereocenters. The van der Waals surface area contributed by atoms with Gasteiger partial charge in [-0.25, -0.2) is 9.18 Å². The van der Waals surface area contributed by atoms with Crippen molar-refractivity contribution in [1.29, 1.82) is 0 Å². The van der Waals surface area contributed by atoms with Crippen LogP contribution in [0, 0.1) is 17.7 Å². The Kier molecular flexibility index (Phi) is 6.08. The Morgan fingerprint density at radius 2 is 2.18 bits per heavy atom. The molecule has 0 aliphatic carbocycles. The van der Waals surface area contributed by atoms with Crippen LogP contribution in [-0.4, -0.2) is 40.1 Å². The van der Waals surface area contributed by atoms with Crippen molar-refractivity contribution >= 4 is 12.0 Å². The number of carboxylic acids is 1. The number of nitrogens with zero attached hydrogens (tertiary/aromatic N) is 2. The number of carbonyl (C=O) groups excluding carboxylic acids is 1. The molecule has 2 amide bonds. The van der Waals surface area contributed by atoms with Crippen molar-refractivity contribution in [2.75, 3.05) is 13.1 Å². The molecule has 8 heteroatoms. The fourth-order valence-corrected chi connectivity index (χ4v) is 3.26. The fourth-order valence-electron chi connectivity index (χ4n) is 3.26. The number of amides is 2. The summed E-state index contributed by atoms with van der Waals surface area (Å²) in [7, 11) is 0. The number of pyridine rings is 1. The Bertz CT molecular complexity index is 847. The lowest BCUT2D eigenvalue weighted by atomic mass is 9.91. The van der Waals surface area contributed by atoms with Gasteiger partial charge >= 0.3 is 12.0 Å². The number of hydrogen-bond acceptors (Lipinski definition) is 4. The van der Waals surface area contributed by atoms with Crippen LogP contribution in [0.5, 0.6) is 11.5 Å². The molecule has 2 N–H and O–H groups in total. The Labute approximate surface area is 162 Å². The normalized spacial score (nSPS) is 19.1. The van der Waals surface area contributed by atoms with E-state index in [1.807, 2.05) is 6.92 Å². The van der Waals surface area contributed by atoms with Gasteiger partial charge in [0.1, 0.15) is 5.75 Å². The van der Waals surface area contributed by atoms with Gasteiger partial charge in [-0.1, -0.05) is 13.0 Å². The van der Waals surface area contributed by atoms with Gasteiger partial charge in [-0.3, -0.25) is 9.78 Å². The lowest BCUT2D eigenvalue weighted by molar-refractivity contribution is -0.143. The molecule has 0 radical (unpaired) electrons. The highest BCUT2D eigenvalue weighted by Gasteiger charge is 2.31. The minimum Gasteiger partial charge on any atom is -0.481 e. The van der Waals surface area contributed by atoms with Gasteiger partial charge < -0.3 is 20.1 Å². The third kappa shape index (κ3) is 4.97. The molecule has 0 bridgehead atoms. The predicted octanol–water partition coefficient (Wildman–Crippen LogP) is 3.27. The summed E-state index contributed by atoms with van der Waals surface area (Å²) in [5.74, 6) is -1.39. The van der Waals surface area contributed by atoms with E-state index in [9.17, 15) is 19.1 Å². The zero-order valence-electron chi connectivity index (χ0n) is 15.5. The molecule has 3 rings (SSSR count). The van der Waals surface area contributed by atoms with Crippen LogP contribution in [0.15, 0.2) is 42.7 Å². The van der Waals surface area contributed by atoms with E-state index in [0.29, 0.717) is 24.3 Å². The highest BCUT2D eigenvalue weighted by molar-refractivity contribution is 5.76. The van der Waals surface area contributed by atoms with Gasteiger partial charge in [0.2, 0.25) is 0 Å². The average Bonchev–Trinajstić information content (AvgIpc) is 2.68. The van der Waals surface area contributed by atoms with Gasteiger partial charge in [0.15, 0.2) is 11.6 Å². The van der Waals surface area contributed by atoms with Gasteiger partial charge in [0.05, 0.1) is 12.1 Å². The number of carboxylic acid groups (broad SMARTS) is 1. The molecule has 1 saturated heterocycles. The number of aromatic nitrogens is 1. The molecule has 0 saturated carbocycles. The van der Waals surface area contributed by atoms with Crippen LogP contribution < -0.4 is 10.1 Å². The van der Waals surface area contributed by atoms with Gasteiger partial charge in [0, 0.05) is 25.8 Å². The quantitative estimate of drug-likeness (QED) is 0.822. The number of benzene rings is 1. The summed E-state index contributed by atoms with van der Waals surface area (Å²) >= 11 is 0. The van der Waals surface area contributed by atoms with Crippen molar-refractivity contribution in [2.45, 2.75) is 19.9 Å². The van der Waals surface area contributed by atoms with E-state index in [-0.39, 0.29) is 30.8 Å². The monoisotopic (exact) mass is 387 g/mol. The van der Waals surface area contributed by atoms with E-state index in [1.165, 1.54) is 23.2 Å². The second-order valence-corrected chi connectivity index (χ2v) is 7.00. The lowest BCUT2D eigenvalue weighted by Crippen LogP contribution is -2.49. The van der Waals surface area contributed by atoms with Crippen LogP contribution >= 0.6 is 0 Å². The van der Waals surface area contributed by atoms with Gasteiger partial charge in [-0.2, -0.15) is 0 Å². The van der Waals surface area contributed by atoms with Crippen LogP contribution in [0.25, 0.3) is 0 Å². The topological polar surface area (TPSA) is 91.8 Å². The van der Waals surface area contributed by atoms with Crippen molar-refractivity contribution < 1.29 is 23.8 Å². The van der Waals surface area contributed by atoms with Gasteiger partial charge in [-0.05, 0) is 42.2 Å². The van der Waals surface area contributed by atoms with Gasteiger partial charge in [0.25, 0.3) is 0 Å². The Balaban J connectivity index is 1.57. The Hall–Kier alpha value is -3.16. The number of rotatable bonds is 5. The van der Waals surface area contributed by atoms with Crippen LogP contribution in [0.2, 0.25) is 0 Å². The smallest absolute Gasteiger partial charge is 0.317 e. The summed E-state index contributed by atoms with van der Waals surface area (Å²) in [5.41, 5.74) is 0.573. The minimum atomic E-state index is -0.893. The highest BCUT2D eigenvalue weighted by atomic mass is 19.1. The lowest BCUT2D eigenvalue weighted by Gasteiger charge is -2.34. The summed E-state index contributed by atoms with van der Waals surface area (Å²) in [6.07, 6.45) is 3.64. The molecule has 28 heavy (non-hydrogen) atoms. The number of piperidine rings is 1. The van der Waals surface area contributed by atoms with Crippen molar-refractivity contribution in [3.63, 3.8) is 0 Å². The summed E-state index contributed by atoms with van der Waals surface area (Å²) in [5, 5.41) is 11.9. The number of likely N-dealkylation sites (tertiary alicyclic amines) is 1.